The van der Waals surface area contributed by atoms with Crippen molar-refractivity contribution in [2.24, 2.45) is 5.10 Å². The minimum absolute atomic E-state index is 0.348. The Bertz CT molecular complexity index is 928. The van der Waals surface area contributed by atoms with Crippen molar-refractivity contribution >= 4 is 17.9 Å². The maximum atomic E-state index is 12.5. The second-order valence-electron chi connectivity index (χ2n) is 5.58. The number of nitrogens with one attached hydrogen (secondary N) is 2. The third-order valence-electron chi connectivity index (χ3n) is 3.74. The third-order valence-corrected chi connectivity index (χ3v) is 3.74. The number of aromatic nitrogens is 2. The molecule has 1 aromatic carbocycles. The van der Waals surface area contributed by atoms with Crippen molar-refractivity contribution in [2.75, 3.05) is 12.4 Å². The maximum absolute atomic E-state index is 12.5. The predicted molar refractivity (Wildman–Crippen MR) is 104 cm³/mol. The Morgan fingerprint density at radius 1 is 1.15 bits per heavy atom. The normalized spacial score (nSPS) is 10.6. The molecule has 27 heavy (non-hydrogen) atoms. The topological polar surface area (TPSA) is 88.5 Å². The Morgan fingerprint density at radius 3 is 2.81 bits per heavy atom. The smallest absolute Gasteiger partial charge is 0.275 e. The number of hydrogen-bond acceptors (Lipinski definition) is 6. The molecule has 0 spiro atoms. The van der Waals surface area contributed by atoms with Gasteiger partial charge in [-0.25, -0.2) is 10.4 Å². The lowest BCUT2D eigenvalue weighted by Crippen LogP contribution is -2.20. The highest BCUT2D eigenvalue weighted by atomic mass is 16.5. The summed E-state index contributed by atoms with van der Waals surface area (Å²) in [6.45, 7) is 0.535. The van der Waals surface area contributed by atoms with E-state index in [0.29, 0.717) is 17.9 Å². The lowest BCUT2D eigenvalue weighted by Gasteiger charge is -2.09. The summed E-state index contributed by atoms with van der Waals surface area (Å²) in [6.07, 6.45) is 6.62. The molecule has 7 heteroatoms. The molecule has 2 N–H and O–H groups in total. The minimum atomic E-state index is -0.348. The van der Waals surface area contributed by atoms with E-state index in [1.807, 2.05) is 36.4 Å². The molecule has 2 heterocycles. The van der Waals surface area contributed by atoms with Gasteiger partial charge in [-0.2, -0.15) is 5.10 Å². The van der Waals surface area contributed by atoms with E-state index in [-0.39, 0.29) is 5.91 Å². The van der Waals surface area contributed by atoms with Crippen LogP contribution in [0.5, 0.6) is 5.75 Å². The summed E-state index contributed by atoms with van der Waals surface area (Å²) in [5.74, 6) is 0.864. The quantitative estimate of drug-likeness (QED) is 0.499. The highest BCUT2D eigenvalue weighted by Crippen LogP contribution is 2.13. The van der Waals surface area contributed by atoms with Crippen molar-refractivity contribution in [3.63, 3.8) is 0 Å². The fraction of sp³-hybridized carbons (Fsp3) is 0.100. The molecule has 0 aliphatic carbocycles. The summed E-state index contributed by atoms with van der Waals surface area (Å²) in [7, 11) is 1.60. The van der Waals surface area contributed by atoms with Gasteiger partial charge in [-0.3, -0.25) is 9.78 Å². The monoisotopic (exact) mass is 361 g/mol. The van der Waals surface area contributed by atoms with Gasteiger partial charge in [-0.1, -0.05) is 12.1 Å². The second kappa shape index (κ2) is 9.10. The molecule has 0 radical (unpaired) electrons. The van der Waals surface area contributed by atoms with Gasteiger partial charge in [0.1, 0.15) is 11.6 Å². The number of pyridine rings is 2. The first kappa shape index (κ1) is 18.1. The van der Waals surface area contributed by atoms with Crippen molar-refractivity contribution in [2.45, 2.75) is 6.54 Å². The molecule has 7 nitrogen and oxygen atoms in total. The van der Waals surface area contributed by atoms with Gasteiger partial charge in [0.25, 0.3) is 5.91 Å². The molecule has 136 valence electrons. The van der Waals surface area contributed by atoms with E-state index >= 15 is 0 Å². The number of carbonyl (C=O) groups excluding carboxylic acids is 1. The van der Waals surface area contributed by atoms with E-state index in [4.69, 9.17) is 4.74 Å². The fourth-order valence-electron chi connectivity index (χ4n) is 2.36. The van der Waals surface area contributed by atoms with Crippen LogP contribution in [0.25, 0.3) is 0 Å². The number of nitrogens with zero attached hydrogens (tertiary/aromatic N) is 3. The fourth-order valence-corrected chi connectivity index (χ4v) is 2.36. The van der Waals surface area contributed by atoms with Crippen LogP contribution in [0.2, 0.25) is 0 Å². The average Bonchev–Trinajstić information content (AvgIpc) is 2.73. The number of carbonyl (C=O) groups is 1. The first-order chi connectivity index (χ1) is 13.3. The number of hydrazone groups is 1. The van der Waals surface area contributed by atoms with Gasteiger partial charge >= 0.3 is 0 Å². The molecule has 0 unspecified atom stereocenters. The zero-order valence-corrected chi connectivity index (χ0v) is 14.8. The van der Waals surface area contributed by atoms with Crippen LogP contribution in [-0.2, 0) is 6.54 Å². The average molecular weight is 361 g/mol. The van der Waals surface area contributed by atoms with Gasteiger partial charge in [-0.05, 0) is 47.5 Å². The van der Waals surface area contributed by atoms with Crippen molar-refractivity contribution in [3.8, 4) is 5.75 Å². The lowest BCUT2D eigenvalue weighted by atomic mass is 10.2. The van der Waals surface area contributed by atoms with Crippen LogP contribution in [0.15, 0.2) is 72.2 Å². The Morgan fingerprint density at radius 2 is 2.00 bits per heavy atom. The van der Waals surface area contributed by atoms with Crippen molar-refractivity contribution in [3.05, 3.63) is 83.8 Å². The lowest BCUT2D eigenvalue weighted by molar-refractivity contribution is 0.0955. The first-order valence-electron chi connectivity index (χ1n) is 8.31. The highest BCUT2D eigenvalue weighted by Gasteiger charge is 2.11. The Kier molecular flexibility index (Phi) is 6.08. The number of methoxy groups -OCH3 is 1. The van der Waals surface area contributed by atoms with Gasteiger partial charge in [0.2, 0.25) is 0 Å². The van der Waals surface area contributed by atoms with Crippen molar-refractivity contribution in [1.82, 2.24) is 15.4 Å². The number of anilines is 1. The van der Waals surface area contributed by atoms with E-state index in [1.165, 1.54) is 0 Å². The Balaban J connectivity index is 1.65. The minimum Gasteiger partial charge on any atom is -0.497 e. The molecule has 0 aliphatic heterocycles. The van der Waals surface area contributed by atoms with Gasteiger partial charge in [0.05, 0.1) is 18.9 Å². The van der Waals surface area contributed by atoms with E-state index in [2.05, 4.69) is 25.8 Å². The number of ether oxygens (including phenoxy) is 1. The molecule has 0 saturated carbocycles. The SMILES string of the molecule is COc1cccc(/C=N/NC(=O)c2cccnc2NCc2ccncc2)c1. The molecule has 1 amide bonds. The second-order valence-corrected chi connectivity index (χ2v) is 5.58. The Hall–Kier alpha value is -3.74. The molecular weight excluding hydrogens is 342 g/mol. The number of hydrogen-bond donors (Lipinski definition) is 2. The van der Waals surface area contributed by atoms with Crippen LogP contribution < -0.4 is 15.5 Å². The summed E-state index contributed by atoms with van der Waals surface area (Å²) >= 11 is 0. The standard InChI is InChI=1S/C20H19N5O2/c1-27-17-5-2-4-16(12-17)14-24-25-20(26)18-6-3-9-22-19(18)23-13-15-7-10-21-11-8-15/h2-12,14H,13H2,1H3,(H,22,23)(H,25,26)/b24-14+. The zero-order valence-electron chi connectivity index (χ0n) is 14.8. The summed E-state index contributed by atoms with van der Waals surface area (Å²) < 4.78 is 5.16. The van der Waals surface area contributed by atoms with Crippen molar-refractivity contribution < 1.29 is 9.53 Å². The summed E-state index contributed by atoms with van der Waals surface area (Å²) in [5, 5.41) is 7.17. The molecule has 0 saturated heterocycles. The van der Waals surface area contributed by atoms with Crippen LogP contribution in [0.3, 0.4) is 0 Å². The number of rotatable bonds is 7. The van der Waals surface area contributed by atoms with E-state index in [9.17, 15) is 4.79 Å². The van der Waals surface area contributed by atoms with Gasteiger partial charge in [0.15, 0.2) is 0 Å². The predicted octanol–water partition coefficient (Wildman–Crippen LogP) is 2.86. The maximum Gasteiger partial charge on any atom is 0.275 e. The van der Waals surface area contributed by atoms with Crippen LogP contribution in [0.4, 0.5) is 5.82 Å². The van der Waals surface area contributed by atoms with Gasteiger partial charge < -0.3 is 10.1 Å². The molecule has 3 rings (SSSR count). The first-order valence-corrected chi connectivity index (χ1v) is 8.31. The van der Waals surface area contributed by atoms with Gasteiger partial charge in [0, 0.05) is 25.1 Å². The summed E-state index contributed by atoms with van der Waals surface area (Å²) in [5.41, 5.74) is 4.79. The largest absolute Gasteiger partial charge is 0.497 e. The molecular formula is C20H19N5O2. The number of benzene rings is 1. The number of amides is 1. The van der Waals surface area contributed by atoms with E-state index in [1.54, 1.807) is 44.0 Å². The van der Waals surface area contributed by atoms with E-state index < -0.39 is 0 Å². The van der Waals surface area contributed by atoms with Gasteiger partial charge in [-0.15, -0.1) is 0 Å². The van der Waals surface area contributed by atoms with Crippen LogP contribution in [0.1, 0.15) is 21.5 Å². The third kappa shape index (κ3) is 5.12. The highest BCUT2D eigenvalue weighted by molar-refractivity contribution is 5.99. The van der Waals surface area contributed by atoms with Crippen LogP contribution in [0, 0.1) is 0 Å². The summed E-state index contributed by atoms with van der Waals surface area (Å²) in [6, 6.07) is 14.6. The molecule has 3 aromatic rings. The molecule has 0 atom stereocenters. The molecule has 0 aliphatic rings. The van der Waals surface area contributed by atoms with Crippen LogP contribution >= 0.6 is 0 Å². The molecule has 0 fully saturated rings. The van der Waals surface area contributed by atoms with E-state index in [0.717, 1.165) is 16.9 Å². The molecule has 2 aromatic heterocycles. The van der Waals surface area contributed by atoms with Crippen molar-refractivity contribution in [1.29, 1.82) is 0 Å². The Labute approximate surface area is 157 Å². The zero-order chi connectivity index (χ0) is 18.9. The molecule has 0 bridgehead atoms. The summed E-state index contributed by atoms with van der Waals surface area (Å²) in [4.78, 5) is 20.7. The van der Waals surface area contributed by atoms with Crippen LogP contribution in [-0.4, -0.2) is 29.2 Å².